The highest BCUT2D eigenvalue weighted by atomic mass is 16.5. The highest BCUT2D eigenvalue weighted by Crippen LogP contribution is 2.31. The zero-order valence-electron chi connectivity index (χ0n) is 15.2. The van der Waals surface area contributed by atoms with E-state index in [1.165, 1.54) is 0 Å². The predicted octanol–water partition coefficient (Wildman–Crippen LogP) is 3.65. The van der Waals surface area contributed by atoms with Crippen LogP contribution in [0.5, 0.6) is 5.75 Å². The number of carbonyl (C=O) groups is 2. The van der Waals surface area contributed by atoms with E-state index in [9.17, 15) is 9.59 Å². The highest BCUT2D eigenvalue weighted by molar-refractivity contribution is 6.04. The van der Waals surface area contributed by atoms with Crippen molar-refractivity contribution in [3.8, 4) is 5.75 Å². The Kier molecular flexibility index (Phi) is 5.07. The van der Waals surface area contributed by atoms with Gasteiger partial charge in [-0.15, -0.1) is 0 Å². The summed E-state index contributed by atoms with van der Waals surface area (Å²) in [4.78, 5) is 25.8. The number of amides is 2. The molecule has 3 rings (SSSR count). The van der Waals surface area contributed by atoms with Crippen molar-refractivity contribution in [1.29, 1.82) is 0 Å². The molecule has 0 spiro atoms. The molecule has 5 nitrogen and oxygen atoms in total. The van der Waals surface area contributed by atoms with Gasteiger partial charge in [0.2, 0.25) is 11.8 Å². The molecule has 1 N–H and O–H groups in total. The van der Waals surface area contributed by atoms with E-state index in [0.717, 1.165) is 34.6 Å². The third kappa shape index (κ3) is 3.77. The van der Waals surface area contributed by atoms with Crippen LogP contribution in [-0.2, 0) is 16.0 Å². The minimum Gasteiger partial charge on any atom is -0.497 e. The topological polar surface area (TPSA) is 58.6 Å². The Labute approximate surface area is 153 Å². The summed E-state index contributed by atoms with van der Waals surface area (Å²) in [6.45, 7) is 4.14. The number of ether oxygens (including phenoxy) is 1. The van der Waals surface area contributed by atoms with Gasteiger partial charge in [0.05, 0.1) is 7.11 Å². The average Bonchev–Trinajstić information content (AvgIpc) is 3.05. The second-order valence-corrected chi connectivity index (χ2v) is 6.31. The quantitative estimate of drug-likeness (QED) is 0.857. The lowest BCUT2D eigenvalue weighted by molar-refractivity contribution is -0.116. The molecule has 134 valence electrons. The molecule has 0 atom stereocenters. The summed E-state index contributed by atoms with van der Waals surface area (Å²) in [7, 11) is 1.62. The molecule has 1 aliphatic rings. The minimum absolute atomic E-state index is 0.0162. The van der Waals surface area contributed by atoms with Crippen molar-refractivity contribution in [2.45, 2.75) is 20.3 Å². The van der Waals surface area contributed by atoms with Gasteiger partial charge in [-0.25, -0.2) is 0 Å². The largest absolute Gasteiger partial charge is 0.497 e. The number of allylic oxidation sites excluding steroid dienone is 1. The van der Waals surface area contributed by atoms with E-state index in [4.69, 9.17) is 4.74 Å². The lowest BCUT2D eigenvalue weighted by atomic mass is 10.1. The Morgan fingerprint density at radius 1 is 1.12 bits per heavy atom. The zero-order chi connectivity index (χ0) is 18.7. The Morgan fingerprint density at radius 2 is 1.85 bits per heavy atom. The molecule has 2 aromatic rings. The average molecular weight is 350 g/mol. The smallest absolute Gasteiger partial charge is 0.248 e. The van der Waals surface area contributed by atoms with Crippen molar-refractivity contribution >= 4 is 28.8 Å². The maximum absolute atomic E-state index is 12.3. The van der Waals surface area contributed by atoms with Crippen LogP contribution < -0.4 is 15.0 Å². The number of nitrogens with zero attached hydrogens (tertiary/aromatic N) is 1. The molecule has 26 heavy (non-hydrogen) atoms. The standard InChI is InChI=1S/C21H22N2O3/c1-14(16-5-8-19(26-3)9-6-16)12-21(25)22-18-7-4-17-10-11-23(15(2)24)20(17)13-18/h4-9,12-13H,10-11H2,1-3H3,(H,22,25)/b14-12+. The van der Waals surface area contributed by atoms with Gasteiger partial charge in [-0.05, 0) is 54.3 Å². The predicted molar refractivity (Wildman–Crippen MR) is 103 cm³/mol. The first-order valence-electron chi connectivity index (χ1n) is 8.52. The van der Waals surface area contributed by atoms with Gasteiger partial charge in [-0.3, -0.25) is 9.59 Å². The third-order valence-electron chi connectivity index (χ3n) is 4.52. The van der Waals surface area contributed by atoms with Crippen molar-refractivity contribution < 1.29 is 14.3 Å². The molecule has 0 aromatic heterocycles. The second kappa shape index (κ2) is 7.44. The summed E-state index contributed by atoms with van der Waals surface area (Å²) in [5, 5.41) is 2.88. The molecule has 1 heterocycles. The van der Waals surface area contributed by atoms with Gasteiger partial charge in [-0.1, -0.05) is 18.2 Å². The van der Waals surface area contributed by atoms with Gasteiger partial charge >= 0.3 is 0 Å². The van der Waals surface area contributed by atoms with Crippen LogP contribution in [0.15, 0.2) is 48.5 Å². The summed E-state index contributed by atoms with van der Waals surface area (Å²) < 4.78 is 5.14. The number of hydrogen-bond acceptors (Lipinski definition) is 3. The van der Waals surface area contributed by atoms with Crippen molar-refractivity contribution in [3.63, 3.8) is 0 Å². The molecule has 0 saturated heterocycles. The van der Waals surface area contributed by atoms with Gasteiger partial charge in [0, 0.05) is 30.9 Å². The number of rotatable bonds is 4. The van der Waals surface area contributed by atoms with Gasteiger partial charge in [0.25, 0.3) is 0 Å². The molecule has 0 unspecified atom stereocenters. The zero-order valence-corrected chi connectivity index (χ0v) is 15.2. The van der Waals surface area contributed by atoms with Crippen LogP contribution in [0.2, 0.25) is 0 Å². The van der Waals surface area contributed by atoms with Crippen LogP contribution in [-0.4, -0.2) is 25.5 Å². The van der Waals surface area contributed by atoms with Crippen molar-refractivity contribution in [2.75, 3.05) is 23.9 Å². The maximum Gasteiger partial charge on any atom is 0.248 e. The van der Waals surface area contributed by atoms with E-state index < -0.39 is 0 Å². The van der Waals surface area contributed by atoms with Crippen LogP contribution in [0.4, 0.5) is 11.4 Å². The summed E-state index contributed by atoms with van der Waals surface area (Å²) in [5.41, 5.74) is 4.50. The molecule has 0 saturated carbocycles. The Morgan fingerprint density at radius 3 is 2.50 bits per heavy atom. The Bertz CT molecular complexity index is 869. The number of hydrogen-bond donors (Lipinski definition) is 1. The molecular weight excluding hydrogens is 328 g/mol. The molecule has 2 amide bonds. The number of fused-ring (bicyclic) bond motifs is 1. The minimum atomic E-state index is -0.203. The number of nitrogens with one attached hydrogen (secondary N) is 1. The fourth-order valence-electron chi connectivity index (χ4n) is 3.10. The number of methoxy groups -OCH3 is 1. The number of anilines is 2. The van der Waals surface area contributed by atoms with Crippen LogP contribution in [0.3, 0.4) is 0 Å². The fraction of sp³-hybridized carbons (Fsp3) is 0.238. The van der Waals surface area contributed by atoms with Gasteiger partial charge in [-0.2, -0.15) is 0 Å². The summed E-state index contributed by atoms with van der Waals surface area (Å²) in [6, 6.07) is 13.3. The molecule has 0 bridgehead atoms. The highest BCUT2D eigenvalue weighted by Gasteiger charge is 2.22. The van der Waals surface area contributed by atoms with E-state index in [2.05, 4.69) is 5.32 Å². The van der Waals surface area contributed by atoms with Crippen molar-refractivity contribution in [1.82, 2.24) is 0 Å². The number of carbonyl (C=O) groups excluding carboxylic acids is 2. The fourth-order valence-corrected chi connectivity index (χ4v) is 3.10. The van der Waals surface area contributed by atoms with Crippen LogP contribution in [0, 0.1) is 0 Å². The van der Waals surface area contributed by atoms with E-state index in [-0.39, 0.29) is 11.8 Å². The third-order valence-corrected chi connectivity index (χ3v) is 4.52. The van der Waals surface area contributed by atoms with E-state index in [1.807, 2.05) is 49.4 Å². The number of benzene rings is 2. The molecule has 0 radical (unpaired) electrons. The molecule has 0 fully saturated rings. The molecule has 1 aliphatic heterocycles. The van der Waals surface area contributed by atoms with E-state index in [1.54, 1.807) is 25.0 Å². The first-order chi connectivity index (χ1) is 12.5. The molecular formula is C21H22N2O3. The normalized spacial score (nSPS) is 13.3. The lowest BCUT2D eigenvalue weighted by Crippen LogP contribution is -2.25. The van der Waals surface area contributed by atoms with Crippen LogP contribution in [0.1, 0.15) is 25.0 Å². The monoisotopic (exact) mass is 350 g/mol. The summed E-state index contributed by atoms with van der Waals surface area (Å²) in [5.74, 6) is 0.590. The lowest BCUT2D eigenvalue weighted by Gasteiger charge is -2.15. The Balaban J connectivity index is 1.73. The summed E-state index contributed by atoms with van der Waals surface area (Å²) >= 11 is 0. The van der Waals surface area contributed by atoms with Crippen molar-refractivity contribution in [2.24, 2.45) is 0 Å². The molecule has 0 aliphatic carbocycles. The van der Waals surface area contributed by atoms with Crippen LogP contribution >= 0.6 is 0 Å². The first-order valence-corrected chi connectivity index (χ1v) is 8.52. The van der Waals surface area contributed by atoms with E-state index >= 15 is 0 Å². The molecule has 2 aromatic carbocycles. The summed E-state index contributed by atoms with van der Waals surface area (Å²) in [6.07, 6.45) is 2.41. The van der Waals surface area contributed by atoms with Gasteiger partial charge < -0.3 is 15.0 Å². The van der Waals surface area contributed by atoms with Crippen LogP contribution in [0.25, 0.3) is 5.57 Å². The van der Waals surface area contributed by atoms with E-state index in [0.29, 0.717) is 12.2 Å². The van der Waals surface area contributed by atoms with Crippen molar-refractivity contribution in [3.05, 3.63) is 59.7 Å². The van der Waals surface area contributed by atoms with Gasteiger partial charge in [0.15, 0.2) is 0 Å². The van der Waals surface area contributed by atoms with Gasteiger partial charge in [0.1, 0.15) is 5.75 Å². The Hall–Kier alpha value is -3.08. The molecule has 5 heteroatoms. The first kappa shape index (κ1) is 17.7. The second-order valence-electron chi connectivity index (χ2n) is 6.31. The maximum atomic E-state index is 12.3. The SMILES string of the molecule is COc1ccc(/C(C)=C/C(=O)Nc2ccc3c(c2)N(C(C)=O)CC3)cc1.